The van der Waals surface area contributed by atoms with Crippen LogP contribution in [0.3, 0.4) is 0 Å². The molecule has 0 aliphatic carbocycles. The highest BCUT2D eigenvalue weighted by Crippen LogP contribution is 2.28. The SMILES string of the molecule is Cc1cc(C)n2c(SCC(=O)Nc3nc(-c4cc(F)ccc4F)cs3)nnc2n1. The third kappa shape index (κ3) is 4.10. The first-order valence-electron chi connectivity index (χ1n) is 8.43. The van der Waals surface area contributed by atoms with Crippen LogP contribution < -0.4 is 5.32 Å². The van der Waals surface area contributed by atoms with Crippen molar-refractivity contribution < 1.29 is 13.6 Å². The summed E-state index contributed by atoms with van der Waals surface area (Å²) in [6.45, 7) is 3.79. The lowest BCUT2D eigenvalue weighted by molar-refractivity contribution is -0.113. The van der Waals surface area contributed by atoms with Crippen LogP contribution in [0.2, 0.25) is 0 Å². The van der Waals surface area contributed by atoms with Gasteiger partial charge in [-0.2, -0.15) is 0 Å². The number of carbonyl (C=O) groups is 1. The number of rotatable bonds is 5. The minimum atomic E-state index is -0.581. The average Bonchev–Trinajstić information content (AvgIpc) is 3.29. The van der Waals surface area contributed by atoms with Crippen molar-refractivity contribution in [3.8, 4) is 11.3 Å². The highest BCUT2D eigenvalue weighted by atomic mass is 32.2. The molecular weight excluding hydrogens is 418 g/mol. The number of thioether (sulfide) groups is 1. The predicted molar refractivity (Wildman–Crippen MR) is 107 cm³/mol. The monoisotopic (exact) mass is 432 g/mol. The molecule has 1 N–H and O–H groups in total. The van der Waals surface area contributed by atoms with Gasteiger partial charge in [-0.05, 0) is 38.1 Å². The second kappa shape index (κ2) is 7.84. The summed E-state index contributed by atoms with van der Waals surface area (Å²) >= 11 is 2.35. The van der Waals surface area contributed by atoms with E-state index in [1.54, 1.807) is 9.78 Å². The van der Waals surface area contributed by atoms with E-state index in [1.807, 2.05) is 19.9 Å². The van der Waals surface area contributed by atoms with E-state index >= 15 is 0 Å². The van der Waals surface area contributed by atoms with Crippen LogP contribution in [0.5, 0.6) is 0 Å². The first kappa shape index (κ1) is 19.4. The van der Waals surface area contributed by atoms with Crippen LogP contribution in [0.25, 0.3) is 17.0 Å². The number of nitrogens with zero attached hydrogens (tertiary/aromatic N) is 5. The largest absolute Gasteiger partial charge is 0.301 e. The Morgan fingerprint density at radius 3 is 2.86 bits per heavy atom. The number of halogens is 2. The highest BCUT2D eigenvalue weighted by molar-refractivity contribution is 7.99. The second-order valence-electron chi connectivity index (χ2n) is 6.16. The average molecular weight is 432 g/mol. The smallest absolute Gasteiger partial charge is 0.256 e. The van der Waals surface area contributed by atoms with Gasteiger partial charge in [0.2, 0.25) is 5.91 Å². The maximum absolute atomic E-state index is 13.9. The Labute approximate surface area is 172 Å². The molecule has 0 atom stereocenters. The number of aryl methyl sites for hydroxylation is 2. The fourth-order valence-corrected chi connectivity index (χ4v) is 4.24. The lowest BCUT2D eigenvalue weighted by atomic mass is 10.1. The number of anilines is 1. The van der Waals surface area contributed by atoms with Crippen molar-refractivity contribution in [2.45, 2.75) is 19.0 Å². The van der Waals surface area contributed by atoms with E-state index in [4.69, 9.17) is 0 Å². The lowest BCUT2D eigenvalue weighted by Gasteiger charge is -2.04. The van der Waals surface area contributed by atoms with E-state index in [2.05, 4.69) is 25.5 Å². The summed E-state index contributed by atoms with van der Waals surface area (Å²) in [5, 5.41) is 13.2. The molecule has 0 aliphatic rings. The van der Waals surface area contributed by atoms with Crippen LogP contribution in [-0.4, -0.2) is 36.2 Å². The predicted octanol–water partition coefficient (Wildman–Crippen LogP) is 3.87. The Kier molecular flexibility index (Phi) is 5.24. The molecule has 4 rings (SSSR count). The maximum Gasteiger partial charge on any atom is 0.256 e. The molecule has 3 heterocycles. The van der Waals surface area contributed by atoms with Gasteiger partial charge in [0, 0.05) is 22.3 Å². The van der Waals surface area contributed by atoms with Crippen LogP contribution in [0.4, 0.5) is 13.9 Å². The van der Waals surface area contributed by atoms with E-state index in [1.165, 1.54) is 11.8 Å². The van der Waals surface area contributed by atoms with E-state index in [-0.39, 0.29) is 22.9 Å². The summed E-state index contributed by atoms with van der Waals surface area (Å²) in [4.78, 5) is 20.8. The normalized spacial score (nSPS) is 11.2. The van der Waals surface area contributed by atoms with Crippen LogP contribution in [-0.2, 0) is 4.79 Å². The minimum Gasteiger partial charge on any atom is -0.301 e. The summed E-state index contributed by atoms with van der Waals surface area (Å²) in [5.74, 6) is -0.880. The van der Waals surface area contributed by atoms with Gasteiger partial charge in [0.1, 0.15) is 11.6 Å². The van der Waals surface area contributed by atoms with Gasteiger partial charge in [0.05, 0.1) is 11.4 Å². The topological polar surface area (TPSA) is 85.1 Å². The number of thiazole rings is 1. The Morgan fingerprint density at radius 2 is 2.03 bits per heavy atom. The molecule has 0 fully saturated rings. The summed E-state index contributed by atoms with van der Waals surface area (Å²) in [6, 6.07) is 5.06. The third-order valence-electron chi connectivity index (χ3n) is 3.95. The number of aromatic nitrogens is 5. The van der Waals surface area contributed by atoms with Gasteiger partial charge < -0.3 is 5.32 Å². The van der Waals surface area contributed by atoms with Crippen LogP contribution in [0, 0.1) is 25.5 Å². The van der Waals surface area contributed by atoms with Gasteiger partial charge in [0.15, 0.2) is 10.3 Å². The van der Waals surface area contributed by atoms with E-state index in [9.17, 15) is 13.6 Å². The Morgan fingerprint density at radius 1 is 1.21 bits per heavy atom. The van der Waals surface area contributed by atoms with E-state index in [0.29, 0.717) is 16.1 Å². The number of hydrogen-bond acceptors (Lipinski definition) is 7. The van der Waals surface area contributed by atoms with Gasteiger partial charge in [-0.15, -0.1) is 21.5 Å². The molecule has 0 spiro atoms. The molecule has 148 valence electrons. The van der Waals surface area contributed by atoms with Crippen molar-refractivity contribution in [2.24, 2.45) is 0 Å². The quantitative estimate of drug-likeness (QED) is 0.482. The molecule has 7 nitrogen and oxygen atoms in total. The van der Waals surface area contributed by atoms with E-state index in [0.717, 1.165) is 40.9 Å². The van der Waals surface area contributed by atoms with Crippen LogP contribution >= 0.6 is 23.1 Å². The summed E-state index contributed by atoms with van der Waals surface area (Å²) in [5.41, 5.74) is 2.06. The Balaban J connectivity index is 1.43. The zero-order valence-electron chi connectivity index (χ0n) is 15.3. The Bertz CT molecular complexity index is 1220. The minimum absolute atomic E-state index is 0.0457. The number of carbonyl (C=O) groups excluding carboxylic acids is 1. The first-order chi connectivity index (χ1) is 13.9. The number of fused-ring (bicyclic) bond motifs is 1. The first-order valence-corrected chi connectivity index (χ1v) is 10.3. The zero-order valence-corrected chi connectivity index (χ0v) is 16.9. The molecule has 3 aromatic heterocycles. The molecule has 1 aromatic carbocycles. The number of amides is 1. The third-order valence-corrected chi connectivity index (χ3v) is 5.64. The van der Waals surface area contributed by atoms with Gasteiger partial charge in [-0.1, -0.05) is 11.8 Å². The molecule has 1 amide bonds. The van der Waals surface area contributed by atoms with Gasteiger partial charge in [-0.25, -0.2) is 18.7 Å². The second-order valence-corrected chi connectivity index (χ2v) is 7.96. The molecule has 0 radical (unpaired) electrons. The molecule has 0 saturated heterocycles. The van der Waals surface area contributed by atoms with E-state index < -0.39 is 11.6 Å². The molecule has 4 aromatic rings. The van der Waals surface area contributed by atoms with Crippen molar-refractivity contribution in [3.05, 3.63) is 52.7 Å². The van der Waals surface area contributed by atoms with Crippen LogP contribution in [0.15, 0.2) is 34.8 Å². The number of benzene rings is 1. The molecule has 0 bridgehead atoms. The number of hydrogen-bond donors (Lipinski definition) is 1. The maximum atomic E-state index is 13.9. The van der Waals surface area contributed by atoms with Crippen molar-refractivity contribution in [1.82, 2.24) is 24.6 Å². The number of nitrogens with one attached hydrogen (secondary N) is 1. The van der Waals surface area contributed by atoms with Crippen molar-refractivity contribution in [3.63, 3.8) is 0 Å². The lowest BCUT2D eigenvalue weighted by Crippen LogP contribution is -2.14. The van der Waals surface area contributed by atoms with Crippen molar-refractivity contribution in [1.29, 1.82) is 0 Å². The Hall–Kier alpha value is -2.92. The molecule has 0 saturated carbocycles. The highest BCUT2D eigenvalue weighted by Gasteiger charge is 2.15. The molecule has 11 heteroatoms. The summed E-state index contributed by atoms with van der Waals surface area (Å²) < 4.78 is 29.0. The fourth-order valence-electron chi connectivity index (χ4n) is 2.73. The molecule has 0 aliphatic heterocycles. The molecule has 0 unspecified atom stereocenters. The molecule has 29 heavy (non-hydrogen) atoms. The summed E-state index contributed by atoms with van der Waals surface area (Å²) in [6.07, 6.45) is 0. The molecular formula is C18H14F2N6OS2. The van der Waals surface area contributed by atoms with Crippen LogP contribution in [0.1, 0.15) is 11.4 Å². The van der Waals surface area contributed by atoms with Gasteiger partial charge >= 0.3 is 0 Å². The zero-order chi connectivity index (χ0) is 20.5. The fraction of sp³-hybridized carbons (Fsp3) is 0.167. The van der Waals surface area contributed by atoms with Crippen molar-refractivity contribution >= 4 is 39.9 Å². The standard InChI is InChI=1S/C18H14F2N6OS2/c1-9-5-10(2)26-16(21-9)24-25-18(26)29-8-15(27)23-17-22-14(7-28-17)12-6-11(19)3-4-13(12)20/h3-7H,8H2,1-2H3,(H,22,23,27). The van der Waals surface area contributed by atoms with Gasteiger partial charge in [0.25, 0.3) is 5.78 Å². The van der Waals surface area contributed by atoms with Crippen molar-refractivity contribution in [2.75, 3.05) is 11.1 Å². The van der Waals surface area contributed by atoms with Gasteiger partial charge in [-0.3, -0.25) is 9.20 Å². The summed E-state index contributed by atoms with van der Waals surface area (Å²) in [7, 11) is 0.